The number of aliphatic carboxylic acids is 1. The lowest BCUT2D eigenvalue weighted by atomic mass is 9.99. The van der Waals surface area contributed by atoms with Gasteiger partial charge in [-0.1, -0.05) is 6.07 Å². The van der Waals surface area contributed by atoms with Crippen LogP contribution in [0.25, 0.3) is 0 Å². The summed E-state index contributed by atoms with van der Waals surface area (Å²) in [5.74, 6) is -1.13. The maximum absolute atomic E-state index is 11.0. The molecule has 1 aliphatic rings. The molecular formula is C14H19NO7. The zero-order chi connectivity index (χ0) is 16.4. The number of anilines is 1. The van der Waals surface area contributed by atoms with E-state index in [2.05, 4.69) is 5.32 Å². The van der Waals surface area contributed by atoms with E-state index in [1.165, 1.54) is 0 Å². The van der Waals surface area contributed by atoms with E-state index in [0.717, 1.165) is 5.56 Å². The summed E-state index contributed by atoms with van der Waals surface area (Å²) in [5, 5.41) is 41.2. The average molecular weight is 313 g/mol. The third-order valence-electron chi connectivity index (χ3n) is 3.46. The summed E-state index contributed by atoms with van der Waals surface area (Å²) < 4.78 is 10.5. The van der Waals surface area contributed by atoms with Crippen molar-refractivity contribution < 1.29 is 34.7 Å². The van der Waals surface area contributed by atoms with Gasteiger partial charge in [0.1, 0.15) is 24.1 Å². The molecule has 0 amide bonds. The highest BCUT2D eigenvalue weighted by molar-refractivity contribution is 5.73. The van der Waals surface area contributed by atoms with Gasteiger partial charge in [0.25, 0.3) is 0 Å². The quantitative estimate of drug-likeness (QED) is 0.494. The maximum Gasteiger partial charge on any atom is 0.335 e. The van der Waals surface area contributed by atoms with Gasteiger partial charge < -0.3 is 35.2 Å². The Morgan fingerprint density at radius 3 is 2.50 bits per heavy atom. The van der Waals surface area contributed by atoms with Gasteiger partial charge in [0.2, 0.25) is 6.29 Å². The molecule has 122 valence electrons. The molecule has 1 fully saturated rings. The topological polar surface area (TPSA) is 128 Å². The van der Waals surface area contributed by atoms with Crippen molar-refractivity contribution in [3.8, 4) is 5.75 Å². The van der Waals surface area contributed by atoms with E-state index in [0.29, 0.717) is 11.4 Å². The molecule has 1 saturated heterocycles. The van der Waals surface area contributed by atoms with Crippen molar-refractivity contribution in [1.82, 2.24) is 0 Å². The van der Waals surface area contributed by atoms with Crippen molar-refractivity contribution in [3.63, 3.8) is 0 Å². The van der Waals surface area contributed by atoms with E-state index in [-0.39, 0.29) is 0 Å². The molecular weight excluding hydrogens is 294 g/mol. The van der Waals surface area contributed by atoms with Crippen molar-refractivity contribution in [1.29, 1.82) is 0 Å². The molecule has 0 aromatic heterocycles. The summed E-state index contributed by atoms with van der Waals surface area (Å²) >= 11 is 0. The third kappa shape index (κ3) is 3.14. The maximum atomic E-state index is 11.0. The molecule has 1 aromatic carbocycles. The van der Waals surface area contributed by atoms with Crippen LogP contribution in [-0.4, -0.2) is 64.1 Å². The first-order valence-corrected chi connectivity index (χ1v) is 6.72. The van der Waals surface area contributed by atoms with Crippen molar-refractivity contribution in [2.24, 2.45) is 0 Å². The molecule has 0 saturated carbocycles. The first-order chi connectivity index (χ1) is 10.3. The Hall–Kier alpha value is -1.87. The van der Waals surface area contributed by atoms with E-state index in [1.54, 1.807) is 25.2 Å². The van der Waals surface area contributed by atoms with Crippen LogP contribution in [0.1, 0.15) is 5.56 Å². The number of carboxylic acid groups (broad SMARTS) is 1. The van der Waals surface area contributed by atoms with Crippen LogP contribution in [0.4, 0.5) is 5.69 Å². The largest absolute Gasteiger partial charge is 0.479 e. The molecule has 5 unspecified atom stereocenters. The zero-order valence-electron chi connectivity index (χ0n) is 12.1. The number of carbonyl (C=O) groups is 1. The van der Waals surface area contributed by atoms with E-state index < -0.39 is 36.7 Å². The van der Waals surface area contributed by atoms with Crippen LogP contribution in [0.5, 0.6) is 5.75 Å². The Morgan fingerprint density at radius 1 is 1.23 bits per heavy atom. The Bertz CT molecular complexity index is 550. The summed E-state index contributed by atoms with van der Waals surface area (Å²) in [5.41, 5.74) is 1.59. The van der Waals surface area contributed by atoms with Gasteiger partial charge in [0.15, 0.2) is 6.10 Å². The lowest BCUT2D eigenvalue weighted by molar-refractivity contribution is -0.271. The molecule has 1 aliphatic heterocycles. The highest BCUT2D eigenvalue weighted by atomic mass is 16.7. The molecule has 1 heterocycles. The first-order valence-electron chi connectivity index (χ1n) is 6.72. The van der Waals surface area contributed by atoms with E-state index >= 15 is 0 Å². The summed E-state index contributed by atoms with van der Waals surface area (Å²) in [6, 6.07) is 5.19. The molecule has 0 radical (unpaired) electrons. The standard InChI is InChI=1S/C14H19NO7/c1-6-3-4-8(7(5-6)15-2)21-14-11(18)9(16)10(17)12(22-14)13(19)20/h3-5,9-12,14-18H,1-2H3,(H,19,20). The molecule has 0 spiro atoms. The zero-order valence-corrected chi connectivity index (χ0v) is 12.1. The number of nitrogens with one attached hydrogen (secondary N) is 1. The molecule has 22 heavy (non-hydrogen) atoms. The number of rotatable bonds is 4. The molecule has 0 bridgehead atoms. The Balaban J connectivity index is 2.22. The van der Waals surface area contributed by atoms with Crippen LogP contribution in [0, 0.1) is 6.92 Å². The number of aliphatic hydroxyl groups excluding tert-OH is 3. The van der Waals surface area contributed by atoms with Crippen molar-refractivity contribution >= 4 is 11.7 Å². The van der Waals surface area contributed by atoms with Gasteiger partial charge in [0, 0.05) is 7.05 Å². The second-order valence-corrected chi connectivity index (χ2v) is 5.10. The number of carboxylic acids is 1. The number of hydrogen-bond acceptors (Lipinski definition) is 7. The molecule has 1 aromatic rings. The number of aliphatic hydroxyl groups is 3. The van der Waals surface area contributed by atoms with Crippen LogP contribution in [0.15, 0.2) is 18.2 Å². The highest BCUT2D eigenvalue weighted by Crippen LogP contribution is 2.30. The fraction of sp³-hybridized carbons (Fsp3) is 0.500. The van der Waals surface area contributed by atoms with E-state index in [1.807, 2.05) is 6.92 Å². The van der Waals surface area contributed by atoms with Crippen molar-refractivity contribution in [2.45, 2.75) is 37.6 Å². The van der Waals surface area contributed by atoms with Gasteiger partial charge >= 0.3 is 5.97 Å². The van der Waals surface area contributed by atoms with Crippen LogP contribution >= 0.6 is 0 Å². The average Bonchev–Trinajstić information content (AvgIpc) is 2.48. The summed E-state index contributed by atoms with van der Waals surface area (Å²) in [7, 11) is 1.68. The summed E-state index contributed by atoms with van der Waals surface area (Å²) in [4.78, 5) is 11.0. The lowest BCUT2D eigenvalue weighted by Gasteiger charge is -2.38. The predicted octanol–water partition coefficient (Wildman–Crippen LogP) is -0.692. The van der Waals surface area contributed by atoms with Gasteiger partial charge in [-0.05, 0) is 24.6 Å². The van der Waals surface area contributed by atoms with E-state index in [4.69, 9.17) is 14.6 Å². The minimum absolute atomic E-state index is 0.324. The SMILES string of the molecule is CNc1cc(C)ccc1OC1OC(C(=O)O)C(O)C(O)C1O. The summed E-state index contributed by atoms with van der Waals surface area (Å²) in [6.07, 6.45) is -8.13. The minimum atomic E-state index is -1.74. The van der Waals surface area contributed by atoms with Crippen LogP contribution < -0.4 is 10.1 Å². The third-order valence-corrected chi connectivity index (χ3v) is 3.46. The number of benzene rings is 1. The normalized spacial score (nSPS) is 31.6. The van der Waals surface area contributed by atoms with E-state index in [9.17, 15) is 20.1 Å². The van der Waals surface area contributed by atoms with Crippen molar-refractivity contribution in [2.75, 3.05) is 12.4 Å². The molecule has 8 heteroatoms. The number of ether oxygens (including phenoxy) is 2. The molecule has 2 rings (SSSR count). The van der Waals surface area contributed by atoms with Gasteiger partial charge in [-0.25, -0.2) is 4.79 Å². The van der Waals surface area contributed by atoms with Gasteiger partial charge in [-0.15, -0.1) is 0 Å². The molecule has 5 atom stereocenters. The molecule has 0 aliphatic carbocycles. The van der Waals surface area contributed by atoms with Crippen molar-refractivity contribution in [3.05, 3.63) is 23.8 Å². The highest BCUT2D eigenvalue weighted by Gasteiger charge is 2.48. The molecule has 8 nitrogen and oxygen atoms in total. The monoisotopic (exact) mass is 313 g/mol. The van der Waals surface area contributed by atoms with Crippen LogP contribution in [0.2, 0.25) is 0 Å². The lowest BCUT2D eigenvalue weighted by Crippen LogP contribution is -2.61. The van der Waals surface area contributed by atoms with Crippen LogP contribution in [-0.2, 0) is 9.53 Å². The van der Waals surface area contributed by atoms with Gasteiger partial charge in [0.05, 0.1) is 5.69 Å². The molecule has 5 N–H and O–H groups in total. The number of hydrogen-bond donors (Lipinski definition) is 5. The Labute approximate surface area is 126 Å². The second-order valence-electron chi connectivity index (χ2n) is 5.10. The fourth-order valence-electron chi connectivity index (χ4n) is 2.22. The number of aryl methyl sites for hydroxylation is 1. The Morgan fingerprint density at radius 2 is 1.91 bits per heavy atom. The van der Waals surface area contributed by atoms with Gasteiger partial charge in [-0.3, -0.25) is 0 Å². The Kier molecular flexibility index (Phi) is 4.87. The van der Waals surface area contributed by atoms with Crippen LogP contribution in [0.3, 0.4) is 0 Å². The van der Waals surface area contributed by atoms with Gasteiger partial charge in [-0.2, -0.15) is 0 Å². The predicted molar refractivity (Wildman–Crippen MR) is 75.7 cm³/mol. The fourth-order valence-corrected chi connectivity index (χ4v) is 2.22. The smallest absolute Gasteiger partial charge is 0.335 e. The second kappa shape index (κ2) is 6.49. The summed E-state index contributed by atoms with van der Waals surface area (Å²) in [6.45, 7) is 1.89. The first kappa shape index (κ1) is 16.5. The minimum Gasteiger partial charge on any atom is -0.479 e.